The van der Waals surface area contributed by atoms with E-state index in [0.29, 0.717) is 24.2 Å². The molecule has 1 saturated heterocycles. The van der Waals surface area contributed by atoms with Crippen LogP contribution in [-0.4, -0.2) is 33.7 Å². The second kappa shape index (κ2) is 7.84. The zero-order valence-corrected chi connectivity index (χ0v) is 15.1. The van der Waals surface area contributed by atoms with E-state index in [1.54, 1.807) is 24.5 Å². The van der Waals surface area contributed by atoms with Crippen LogP contribution in [0.5, 0.6) is 0 Å². The van der Waals surface area contributed by atoms with Gasteiger partial charge in [0, 0.05) is 36.0 Å². The van der Waals surface area contributed by atoms with Crippen molar-refractivity contribution in [2.45, 2.75) is 19.4 Å². The highest BCUT2D eigenvalue weighted by molar-refractivity contribution is 5.98. The van der Waals surface area contributed by atoms with Crippen LogP contribution < -0.4 is 0 Å². The van der Waals surface area contributed by atoms with Crippen molar-refractivity contribution >= 4 is 5.78 Å². The maximum Gasteiger partial charge on any atom is 0.167 e. The molecule has 3 aromatic rings. The molecule has 1 aliphatic rings. The predicted molar refractivity (Wildman–Crippen MR) is 103 cm³/mol. The van der Waals surface area contributed by atoms with Gasteiger partial charge in [-0.25, -0.2) is 9.37 Å². The fraction of sp³-hybridized carbons (Fsp3) is 0.273. The van der Waals surface area contributed by atoms with E-state index in [9.17, 15) is 9.18 Å². The van der Waals surface area contributed by atoms with Gasteiger partial charge >= 0.3 is 0 Å². The van der Waals surface area contributed by atoms with E-state index < -0.39 is 0 Å². The lowest BCUT2D eigenvalue weighted by atomic mass is 9.89. The Bertz CT molecular complexity index is 909. The van der Waals surface area contributed by atoms with Crippen LogP contribution in [0.15, 0.2) is 60.9 Å². The number of ketones is 1. The number of benzene rings is 2. The molecule has 138 valence electrons. The van der Waals surface area contributed by atoms with Gasteiger partial charge in [-0.05, 0) is 31.0 Å². The van der Waals surface area contributed by atoms with Crippen LogP contribution in [0.2, 0.25) is 0 Å². The summed E-state index contributed by atoms with van der Waals surface area (Å²) in [5.74, 6) is 0.477. The van der Waals surface area contributed by atoms with Gasteiger partial charge in [-0.2, -0.15) is 0 Å². The Hall–Kier alpha value is -2.79. The lowest BCUT2D eigenvalue weighted by molar-refractivity contribution is 0.0808. The summed E-state index contributed by atoms with van der Waals surface area (Å²) in [4.78, 5) is 22.5. The van der Waals surface area contributed by atoms with Crippen molar-refractivity contribution in [1.29, 1.82) is 0 Å². The third-order valence-electron chi connectivity index (χ3n) is 5.14. The first kappa shape index (κ1) is 17.6. The summed E-state index contributed by atoms with van der Waals surface area (Å²) in [5.41, 5.74) is 1.79. The molecule has 4 rings (SSSR count). The number of halogens is 1. The fourth-order valence-electron chi connectivity index (χ4n) is 3.77. The molecule has 2 heterocycles. The number of hydrogen-bond acceptors (Lipinski definition) is 3. The number of likely N-dealkylation sites (tertiary alicyclic amines) is 1. The molecule has 0 bridgehead atoms. The highest BCUT2D eigenvalue weighted by Crippen LogP contribution is 2.26. The van der Waals surface area contributed by atoms with Crippen LogP contribution in [-0.2, 0) is 6.54 Å². The van der Waals surface area contributed by atoms with Crippen molar-refractivity contribution in [2.24, 2.45) is 5.92 Å². The quantitative estimate of drug-likeness (QED) is 0.687. The molecule has 4 nitrogen and oxygen atoms in total. The van der Waals surface area contributed by atoms with E-state index in [1.165, 1.54) is 6.07 Å². The number of H-pyrrole nitrogens is 1. The Morgan fingerprint density at radius 3 is 2.81 bits per heavy atom. The van der Waals surface area contributed by atoms with Gasteiger partial charge < -0.3 is 4.98 Å². The maximum absolute atomic E-state index is 14.6. The number of imidazole rings is 1. The summed E-state index contributed by atoms with van der Waals surface area (Å²) in [6.45, 7) is 2.34. The first-order valence-electron chi connectivity index (χ1n) is 9.30. The molecule has 0 unspecified atom stereocenters. The minimum Gasteiger partial charge on any atom is -0.348 e. The van der Waals surface area contributed by atoms with Crippen LogP contribution in [0, 0.1) is 11.7 Å². The van der Waals surface area contributed by atoms with Crippen LogP contribution in [0.25, 0.3) is 11.1 Å². The van der Waals surface area contributed by atoms with E-state index in [2.05, 4.69) is 14.9 Å². The van der Waals surface area contributed by atoms with Gasteiger partial charge in [0.05, 0.1) is 6.54 Å². The van der Waals surface area contributed by atoms with E-state index in [-0.39, 0.29) is 17.5 Å². The molecule has 1 fully saturated rings. The lowest BCUT2D eigenvalue weighted by Crippen LogP contribution is -2.38. The molecule has 0 saturated carbocycles. The van der Waals surface area contributed by atoms with Gasteiger partial charge in [0.15, 0.2) is 5.78 Å². The highest BCUT2D eigenvalue weighted by atomic mass is 19.1. The largest absolute Gasteiger partial charge is 0.348 e. The third-order valence-corrected chi connectivity index (χ3v) is 5.14. The molecule has 2 aromatic carbocycles. The fourth-order valence-corrected chi connectivity index (χ4v) is 3.77. The van der Waals surface area contributed by atoms with E-state index >= 15 is 0 Å². The summed E-state index contributed by atoms with van der Waals surface area (Å²) in [5, 5.41) is 0. The zero-order chi connectivity index (χ0) is 18.6. The number of carbonyl (C=O) groups is 1. The number of aromatic amines is 1. The molecule has 0 radical (unpaired) electrons. The summed E-state index contributed by atoms with van der Waals surface area (Å²) in [6, 6.07) is 14.2. The Balaban J connectivity index is 1.48. The highest BCUT2D eigenvalue weighted by Gasteiger charge is 2.27. The molecule has 0 aliphatic carbocycles. The van der Waals surface area contributed by atoms with Crippen LogP contribution >= 0.6 is 0 Å². The molecule has 5 heteroatoms. The smallest absolute Gasteiger partial charge is 0.167 e. The van der Waals surface area contributed by atoms with Gasteiger partial charge in [-0.1, -0.05) is 42.5 Å². The van der Waals surface area contributed by atoms with Gasteiger partial charge in [0.25, 0.3) is 0 Å². The number of rotatable bonds is 5. The van der Waals surface area contributed by atoms with Crippen LogP contribution in [0.1, 0.15) is 29.0 Å². The second-order valence-electron chi connectivity index (χ2n) is 7.04. The average Bonchev–Trinajstić information content (AvgIpc) is 3.21. The number of carbonyl (C=O) groups excluding carboxylic acids is 1. The van der Waals surface area contributed by atoms with E-state index in [1.807, 2.05) is 30.3 Å². The van der Waals surface area contributed by atoms with Gasteiger partial charge in [-0.15, -0.1) is 0 Å². The van der Waals surface area contributed by atoms with Crippen LogP contribution in [0.4, 0.5) is 4.39 Å². The van der Waals surface area contributed by atoms with Crippen molar-refractivity contribution in [3.8, 4) is 11.1 Å². The molecule has 1 aliphatic heterocycles. The summed E-state index contributed by atoms with van der Waals surface area (Å²) in [6.07, 6.45) is 5.34. The zero-order valence-electron chi connectivity index (χ0n) is 15.1. The van der Waals surface area contributed by atoms with Crippen molar-refractivity contribution in [3.63, 3.8) is 0 Å². The monoisotopic (exact) mass is 363 g/mol. The molecule has 1 atom stereocenters. The van der Waals surface area contributed by atoms with Gasteiger partial charge in [0.2, 0.25) is 0 Å². The maximum atomic E-state index is 14.6. The van der Waals surface area contributed by atoms with Crippen molar-refractivity contribution < 1.29 is 9.18 Å². The minimum absolute atomic E-state index is 0.0256. The SMILES string of the molecule is O=C(c1ccc(-c2ccccc2)c(F)c1)[C@H]1CCCN(Cc2ncc[nH]2)C1. The number of nitrogens with zero attached hydrogens (tertiary/aromatic N) is 2. The van der Waals surface area contributed by atoms with Gasteiger partial charge in [-0.3, -0.25) is 9.69 Å². The summed E-state index contributed by atoms with van der Waals surface area (Å²) >= 11 is 0. The Morgan fingerprint density at radius 1 is 1.22 bits per heavy atom. The summed E-state index contributed by atoms with van der Waals surface area (Å²) in [7, 11) is 0. The summed E-state index contributed by atoms with van der Waals surface area (Å²) < 4.78 is 14.6. The first-order chi connectivity index (χ1) is 13.2. The number of aromatic nitrogens is 2. The standard InChI is InChI=1S/C22H22FN3O/c23-20-13-17(8-9-19(20)16-5-2-1-3-6-16)22(27)18-7-4-12-26(14-18)15-21-24-10-11-25-21/h1-3,5-6,8-11,13,18H,4,7,12,14-15H2,(H,24,25)/t18-/m0/s1. The topological polar surface area (TPSA) is 49.0 Å². The number of piperidine rings is 1. The molecule has 27 heavy (non-hydrogen) atoms. The second-order valence-corrected chi connectivity index (χ2v) is 7.04. The Morgan fingerprint density at radius 2 is 2.07 bits per heavy atom. The normalized spacial score (nSPS) is 17.7. The molecule has 1 N–H and O–H groups in total. The van der Waals surface area contributed by atoms with E-state index in [0.717, 1.165) is 30.8 Å². The molecule has 0 amide bonds. The number of hydrogen-bond donors (Lipinski definition) is 1. The van der Waals surface area contributed by atoms with Crippen molar-refractivity contribution in [2.75, 3.05) is 13.1 Å². The Labute approximate surface area is 158 Å². The average molecular weight is 363 g/mol. The van der Waals surface area contributed by atoms with Crippen LogP contribution in [0.3, 0.4) is 0 Å². The molecular weight excluding hydrogens is 341 g/mol. The lowest BCUT2D eigenvalue weighted by Gasteiger charge is -2.31. The predicted octanol–water partition coefficient (Wildman–Crippen LogP) is 4.31. The van der Waals surface area contributed by atoms with Crippen molar-refractivity contribution in [3.05, 3.63) is 78.1 Å². The Kier molecular flexibility index (Phi) is 5.12. The minimum atomic E-state index is -0.352. The van der Waals surface area contributed by atoms with E-state index in [4.69, 9.17) is 0 Å². The van der Waals surface area contributed by atoms with Crippen molar-refractivity contribution in [1.82, 2.24) is 14.9 Å². The van der Waals surface area contributed by atoms with Gasteiger partial charge in [0.1, 0.15) is 11.6 Å². The number of nitrogens with one attached hydrogen (secondary N) is 1. The molecular formula is C22H22FN3O. The number of Topliss-reactive ketones (excluding diaryl/α,β-unsaturated/α-hetero) is 1. The molecule has 1 aromatic heterocycles. The first-order valence-corrected chi connectivity index (χ1v) is 9.30. The third kappa shape index (κ3) is 3.98. The molecule has 0 spiro atoms.